The summed E-state index contributed by atoms with van der Waals surface area (Å²) >= 11 is 0. The van der Waals surface area contributed by atoms with Crippen molar-refractivity contribution in [3.63, 3.8) is 0 Å². The van der Waals surface area contributed by atoms with E-state index in [0.29, 0.717) is 19.6 Å². The van der Waals surface area contributed by atoms with Gasteiger partial charge in [0.15, 0.2) is 0 Å². The number of nitrogens with zero attached hydrogens (tertiary/aromatic N) is 4. The summed E-state index contributed by atoms with van der Waals surface area (Å²) in [6, 6.07) is 0.0606. The molecule has 0 spiro atoms. The molecule has 8 heteroatoms. The minimum atomic E-state index is -0.143. The summed E-state index contributed by atoms with van der Waals surface area (Å²) in [5.41, 5.74) is 0. The molecule has 8 nitrogen and oxygen atoms in total. The summed E-state index contributed by atoms with van der Waals surface area (Å²) in [6.07, 6.45) is 0.345. The zero-order chi connectivity index (χ0) is 11.4. The fourth-order valence-electron chi connectivity index (χ4n) is 1.48. The molecule has 0 saturated carbocycles. The first-order valence-electron chi connectivity index (χ1n) is 5.09. The predicted octanol–water partition coefficient (Wildman–Crippen LogP) is -1.47. The lowest BCUT2D eigenvalue weighted by Crippen LogP contribution is -2.43. The van der Waals surface area contributed by atoms with E-state index in [4.69, 9.17) is 4.74 Å². The van der Waals surface area contributed by atoms with Gasteiger partial charge in [-0.25, -0.2) is 0 Å². The van der Waals surface area contributed by atoms with Gasteiger partial charge in [0.1, 0.15) is 0 Å². The predicted molar refractivity (Wildman–Crippen MR) is 54.7 cm³/mol. The Kier molecular flexibility index (Phi) is 3.42. The van der Waals surface area contributed by atoms with Crippen molar-refractivity contribution < 1.29 is 9.53 Å². The zero-order valence-electron chi connectivity index (χ0n) is 9.01. The second-order valence-corrected chi connectivity index (χ2v) is 3.58. The number of hydrogen-bond donors (Lipinski definition) is 2. The van der Waals surface area contributed by atoms with Crippen LogP contribution in [0.4, 0.5) is 5.95 Å². The Balaban J connectivity index is 1.79. The topological polar surface area (TPSA) is 94.0 Å². The molecular formula is C8H14N6O2. The third-order valence-corrected chi connectivity index (χ3v) is 2.19. The van der Waals surface area contributed by atoms with Crippen molar-refractivity contribution in [1.82, 2.24) is 25.5 Å². The molecule has 1 fully saturated rings. The van der Waals surface area contributed by atoms with E-state index in [1.165, 1.54) is 4.80 Å². The van der Waals surface area contributed by atoms with Crippen LogP contribution in [0.15, 0.2) is 0 Å². The van der Waals surface area contributed by atoms with Gasteiger partial charge < -0.3 is 10.1 Å². The summed E-state index contributed by atoms with van der Waals surface area (Å²) in [6.45, 7) is 2.03. The molecule has 0 aromatic carbocycles. The first-order valence-corrected chi connectivity index (χ1v) is 5.09. The molecule has 0 bridgehead atoms. The van der Waals surface area contributed by atoms with Crippen molar-refractivity contribution in [1.29, 1.82) is 0 Å². The monoisotopic (exact) mass is 226 g/mol. The molecule has 1 aliphatic rings. The molecule has 2 N–H and O–H groups in total. The van der Waals surface area contributed by atoms with Crippen molar-refractivity contribution in [3.8, 4) is 0 Å². The fraction of sp³-hybridized carbons (Fsp3) is 0.750. The van der Waals surface area contributed by atoms with Crippen LogP contribution < -0.4 is 10.6 Å². The van der Waals surface area contributed by atoms with Crippen LogP contribution in [0.5, 0.6) is 0 Å². The molecular weight excluding hydrogens is 212 g/mol. The molecule has 2 rings (SSSR count). The maximum Gasteiger partial charge on any atom is 0.270 e. The molecule has 1 aliphatic heterocycles. The SMILES string of the molecule is Cn1nnc(NC(=O)CC2COCCN2)n1. The Morgan fingerprint density at radius 2 is 2.62 bits per heavy atom. The van der Waals surface area contributed by atoms with E-state index in [2.05, 4.69) is 26.0 Å². The molecule has 1 aromatic rings. The number of tetrazole rings is 1. The van der Waals surface area contributed by atoms with Gasteiger partial charge in [-0.2, -0.15) is 4.80 Å². The summed E-state index contributed by atoms with van der Waals surface area (Å²) in [4.78, 5) is 12.9. The third-order valence-electron chi connectivity index (χ3n) is 2.19. The number of ether oxygens (including phenoxy) is 1. The van der Waals surface area contributed by atoms with E-state index in [9.17, 15) is 4.79 Å². The number of morpholine rings is 1. The summed E-state index contributed by atoms with van der Waals surface area (Å²) < 4.78 is 5.25. The number of nitrogens with one attached hydrogen (secondary N) is 2. The average Bonchev–Trinajstić information content (AvgIpc) is 2.65. The van der Waals surface area contributed by atoms with Gasteiger partial charge in [-0.05, 0) is 5.21 Å². The second kappa shape index (κ2) is 4.99. The molecule has 1 aromatic heterocycles. The van der Waals surface area contributed by atoms with Crippen molar-refractivity contribution in [2.24, 2.45) is 7.05 Å². The standard InChI is InChI=1S/C8H14N6O2/c1-14-12-8(11-13-14)10-7(15)4-6-5-16-3-2-9-6/h6,9H,2-5H2,1H3,(H,10,12,15). The van der Waals surface area contributed by atoms with E-state index in [-0.39, 0.29) is 17.9 Å². The number of carbonyl (C=O) groups excluding carboxylic acids is 1. The van der Waals surface area contributed by atoms with Gasteiger partial charge in [0.2, 0.25) is 5.91 Å². The molecule has 2 heterocycles. The minimum Gasteiger partial charge on any atom is -0.378 e. The first-order chi connectivity index (χ1) is 7.74. The molecule has 1 unspecified atom stereocenters. The van der Waals surface area contributed by atoms with Gasteiger partial charge >= 0.3 is 0 Å². The highest BCUT2D eigenvalue weighted by molar-refractivity contribution is 5.89. The van der Waals surface area contributed by atoms with Crippen LogP contribution in [-0.2, 0) is 16.6 Å². The lowest BCUT2D eigenvalue weighted by molar-refractivity contribution is -0.117. The zero-order valence-corrected chi connectivity index (χ0v) is 9.01. The minimum absolute atomic E-state index is 0.0606. The van der Waals surface area contributed by atoms with Gasteiger partial charge in [-0.1, -0.05) is 5.10 Å². The molecule has 88 valence electrons. The van der Waals surface area contributed by atoms with Gasteiger partial charge in [0, 0.05) is 19.0 Å². The lowest BCUT2D eigenvalue weighted by atomic mass is 10.2. The van der Waals surface area contributed by atoms with E-state index < -0.39 is 0 Å². The highest BCUT2D eigenvalue weighted by atomic mass is 16.5. The summed E-state index contributed by atoms with van der Waals surface area (Å²) in [7, 11) is 1.64. The summed E-state index contributed by atoms with van der Waals surface area (Å²) in [5.74, 6) is 0.0835. The van der Waals surface area contributed by atoms with E-state index in [1.807, 2.05) is 0 Å². The van der Waals surface area contributed by atoms with E-state index in [0.717, 1.165) is 6.54 Å². The molecule has 0 aliphatic carbocycles. The number of hydrogen-bond acceptors (Lipinski definition) is 6. The summed E-state index contributed by atoms with van der Waals surface area (Å²) in [5, 5.41) is 16.9. The van der Waals surface area contributed by atoms with Crippen molar-refractivity contribution in [2.45, 2.75) is 12.5 Å². The Hall–Kier alpha value is -1.54. The van der Waals surface area contributed by atoms with Crippen molar-refractivity contribution in [3.05, 3.63) is 0 Å². The third kappa shape index (κ3) is 2.97. The molecule has 1 saturated heterocycles. The molecule has 0 radical (unpaired) electrons. The maximum absolute atomic E-state index is 11.6. The van der Waals surface area contributed by atoms with Gasteiger partial charge in [0.25, 0.3) is 5.95 Å². The van der Waals surface area contributed by atoms with Crippen LogP contribution in [0, 0.1) is 0 Å². The number of carbonyl (C=O) groups is 1. The second-order valence-electron chi connectivity index (χ2n) is 3.58. The Morgan fingerprint density at radius 1 is 1.75 bits per heavy atom. The Morgan fingerprint density at radius 3 is 3.25 bits per heavy atom. The normalized spacial score (nSPS) is 20.7. The van der Waals surface area contributed by atoms with Crippen LogP contribution in [0.1, 0.15) is 6.42 Å². The van der Waals surface area contributed by atoms with Gasteiger partial charge in [0.05, 0.1) is 20.3 Å². The van der Waals surface area contributed by atoms with Crippen LogP contribution in [0.25, 0.3) is 0 Å². The molecule has 1 amide bonds. The van der Waals surface area contributed by atoms with Crippen LogP contribution >= 0.6 is 0 Å². The highest BCUT2D eigenvalue weighted by Gasteiger charge is 2.17. The van der Waals surface area contributed by atoms with E-state index >= 15 is 0 Å². The Bertz CT molecular complexity index is 359. The van der Waals surface area contributed by atoms with Crippen LogP contribution in [0.3, 0.4) is 0 Å². The fourth-order valence-corrected chi connectivity index (χ4v) is 1.48. The van der Waals surface area contributed by atoms with Crippen molar-refractivity contribution >= 4 is 11.9 Å². The van der Waals surface area contributed by atoms with Crippen molar-refractivity contribution in [2.75, 3.05) is 25.1 Å². The molecule has 1 atom stereocenters. The van der Waals surface area contributed by atoms with Gasteiger partial charge in [-0.15, -0.1) is 5.10 Å². The average molecular weight is 226 g/mol. The van der Waals surface area contributed by atoms with E-state index in [1.54, 1.807) is 7.05 Å². The number of aromatic nitrogens is 4. The number of amides is 1. The number of anilines is 1. The quantitative estimate of drug-likeness (QED) is 0.653. The molecule has 16 heavy (non-hydrogen) atoms. The Labute approximate surface area is 92.3 Å². The first kappa shape index (κ1) is 11.0. The maximum atomic E-state index is 11.6. The lowest BCUT2D eigenvalue weighted by Gasteiger charge is -2.22. The van der Waals surface area contributed by atoms with Gasteiger partial charge in [-0.3, -0.25) is 10.1 Å². The highest BCUT2D eigenvalue weighted by Crippen LogP contribution is 2.01. The largest absolute Gasteiger partial charge is 0.378 e. The number of rotatable bonds is 3. The smallest absolute Gasteiger partial charge is 0.270 e. The van der Waals surface area contributed by atoms with Crippen LogP contribution in [0.2, 0.25) is 0 Å². The van der Waals surface area contributed by atoms with Crippen LogP contribution in [-0.4, -0.2) is 51.9 Å². The number of aryl methyl sites for hydroxylation is 1.